The minimum Gasteiger partial charge on any atom is -0.493 e. The molecule has 1 aromatic carbocycles. The molecule has 1 heterocycles. The Morgan fingerprint density at radius 1 is 1.15 bits per heavy atom. The molecule has 144 valence electrons. The summed E-state index contributed by atoms with van der Waals surface area (Å²) >= 11 is 1.33. The van der Waals surface area contributed by atoms with Crippen LogP contribution in [0.15, 0.2) is 40.8 Å². The van der Waals surface area contributed by atoms with Gasteiger partial charge in [-0.2, -0.15) is 5.10 Å². The number of ether oxygens (including phenoxy) is 2. The van der Waals surface area contributed by atoms with Gasteiger partial charge in [0.15, 0.2) is 11.5 Å². The number of carbonyl (C=O) groups is 2. The molecule has 0 saturated carbocycles. The van der Waals surface area contributed by atoms with E-state index >= 15 is 0 Å². The molecule has 0 saturated heterocycles. The minimum absolute atomic E-state index is 0.122. The van der Waals surface area contributed by atoms with Gasteiger partial charge in [-0.05, 0) is 42.5 Å². The van der Waals surface area contributed by atoms with Gasteiger partial charge in [-0.15, -0.1) is 11.3 Å². The van der Waals surface area contributed by atoms with Crippen LogP contribution in [0, 0.1) is 0 Å². The Labute approximate surface area is 162 Å². The summed E-state index contributed by atoms with van der Waals surface area (Å²) in [5.74, 6) is 0.896. The maximum absolute atomic E-state index is 12.0. The number of methoxy groups -OCH3 is 2. The molecule has 0 unspecified atom stereocenters. The van der Waals surface area contributed by atoms with E-state index in [1.54, 1.807) is 33.3 Å². The van der Waals surface area contributed by atoms with Gasteiger partial charge in [0.2, 0.25) is 5.91 Å². The second-order valence-corrected chi connectivity index (χ2v) is 6.68. The van der Waals surface area contributed by atoms with E-state index in [2.05, 4.69) is 15.8 Å². The number of nitrogens with one attached hydrogen (secondary N) is 2. The number of thiophene rings is 1. The lowest BCUT2D eigenvalue weighted by atomic mass is 10.1. The summed E-state index contributed by atoms with van der Waals surface area (Å²) < 4.78 is 10.5. The lowest BCUT2D eigenvalue weighted by molar-refractivity contribution is -0.119. The number of hydrogen-bond acceptors (Lipinski definition) is 6. The van der Waals surface area contributed by atoms with Crippen molar-refractivity contribution in [3.05, 3.63) is 46.2 Å². The Hall–Kier alpha value is -2.87. The van der Waals surface area contributed by atoms with Crippen LogP contribution < -0.4 is 20.2 Å². The van der Waals surface area contributed by atoms with Crippen LogP contribution in [0.2, 0.25) is 0 Å². The van der Waals surface area contributed by atoms with Crippen LogP contribution in [-0.4, -0.2) is 38.3 Å². The van der Waals surface area contributed by atoms with Crippen molar-refractivity contribution in [3.8, 4) is 11.5 Å². The lowest BCUT2D eigenvalue weighted by Gasteiger charge is -2.10. The molecule has 1 aromatic heterocycles. The summed E-state index contributed by atoms with van der Waals surface area (Å²) in [6, 6.07) is 9.16. The molecule has 0 aliphatic carbocycles. The number of benzene rings is 1. The maximum Gasteiger partial charge on any atom is 0.281 e. The molecule has 0 radical (unpaired) electrons. The summed E-state index contributed by atoms with van der Waals surface area (Å²) in [6.07, 6.45) is 0.786. The van der Waals surface area contributed by atoms with Gasteiger partial charge in [-0.25, -0.2) is 5.43 Å². The molecule has 0 bridgehead atoms. The smallest absolute Gasteiger partial charge is 0.281 e. The highest BCUT2D eigenvalue weighted by atomic mass is 32.1. The van der Waals surface area contributed by atoms with Crippen LogP contribution in [-0.2, 0) is 11.2 Å². The third-order valence-electron chi connectivity index (χ3n) is 3.69. The van der Waals surface area contributed by atoms with Crippen molar-refractivity contribution in [2.24, 2.45) is 5.10 Å². The van der Waals surface area contributed by atoms with Crippen molar-refractivity contribution in [3.63, 3.8) is 0 Å². The van der Waals surface area contributed by atoms with E-state index in [1.165, 1.54) is 11.3 Å². The molecule has 2 N–H and O–H groups in total. The zero-order valence-electron chi connectivity index (χ0n) is 15.6. The third kappa shape index (κ3) is 6.41. The number of nitrogens with zero attached hydrogens (tertiary/aromatic N) is 1. The molecule has 8 heteroatoms. The second-order valence-electron chi connectivity index (χ2n) is 5.73. The molecule has 27 heavy (non-hydrogen) atoms. The lowest BCUT2D eigenvalue weighted by Crippen LogP contribution is -2.28. The van der Waals surface area contributed by atoms with Crippen LogP contribution in [0.4, 0.5) is 0 Å². The number of rotatable bonds is 9. The van der Waals surface area contributed by atoms with Crippen LogP contribution in [0.3, 0.4) is 0 Å². The highest BCUT2D eigenvalue weighted by Crippen LogP contribution is 2.27. The van der Waals surface area contributed by atoms with E-state index in [4.69, 9.17) is 9.47 Å². The normalized spacial score (nSPS) is 11.0. The molecule has 2 aromatic rings. The topological polar surface area (TPSA) is 89.0 Å². The first-order chi connectivity index (χ1) is 13.0. The minimum atomic E-state index is -0.279. The Balaban J connectivity index is 1.75. The fourth-order valence-electron chi connectivity index (χ4n) is 2.33. The highest BCUT2D eigenvalue weighted by Gasteiger charge is 2.08. The first-order valence-electron chi connectivity index (χ1n) is 8.38. The van der Waals surface area contributed by atoms with Crippen LogP contribution in [0.1, 0.15) is 28.6 Å². The molecular formula is C19H23N3O4S. The van der Waals surface area contributed by atoms with E-state index in [9.17, 15) is 9.59 Å². The van der Waals surface area contributed by atoms with E-state index < -0.39 is 0 Å². The van der Waals surface area contributed by atoms with Crippen molar-refractivity contribution >= 4 is 28.9 Å². The quantitative estimate of drug-likeness (QED) is 0.510. The van der Waals surface area contributed by atoms with Crippen molar-refractivity contribution in [1.82, 2.24) is 10.7 Å². The molecule has 2 rings (SSSR count). The van der Waals surface area contributed by atoms with Crippen LogP contribution >= 0.6 is 11.3 Å². The Bertz CT molecular complexity index is 803. The molecule has 0 spiro atoms. The highest BCUT2D eigenvalue weighted by molar-refractivity contribution is 7.12. The van der Waals surface area contributed by atoms with Crippen molar-refractivity contribution in [1.29, 1.82) is 0 Å². The summed E-state index contributed by atoms with van der Waals surface area (Å²) in [5.41, 5.74) is 4.01. The molecule has 0 atom stereocenters. The molecule has 0 aliphatic rings. The second kappa shape index (κ2) is 10.3. The predicted molar refractivity (Wildman–Crippen MR) is 106 cm³/mol. The summed E-state index contributed by atoms with van der Waals surface area (Å²) in [4.78, 5) is 24.4. The number of hydrazone groups is 1. The van der Waals surface area contributed by atoms with Gasteiger partial charge in [0, 0.05) is 12.3 Å². The van der Waals surface area contributed by atoms with Gasteiger partial charge in [0.1, 0.15) is 0 Å². The first kappa shape index (κ1) is 20.4. The summed E-state index contributed by atoms with van der Waals surface area (Å²) in [7, 11) is 3.17. The fourth-order valence-corrected chi connectivity index (χ4v) is 2.94. The van der Waals surface area contributed by atoms with Crippen molar-refractivity contribution in [2.45, 2.75) is 19.8 Å². The SMILES string of the molecule is COc1ccc(CCNC(=O)C/C(C)=N\NC(=O)c2cccs2)cc1OC. The summed E-state index contributed by atoms with van der Waals surface area (Å²) in [6.45, 7) is 2.19. The first-order valence-corrected chi connectivity index (χ1v) is 9.26. The Morgan fingerprint density at radius 3 is 2.59 bits per heavy atom. The zero-order chi connectivity index (χ0) is 19.6. The van der Waals surface area contributed by atoms with E-state index in [1.807, 2.05) is 23.6 Å². The molecular weight excluding hydrogens is 366 g/mol. The largest absolute Gasteiger partial charge is 0.493 e. The van der Waals surface area contributed by atoms with Gasteiger partial charge in [-0.3, -0.25) is 9.59 Å². The Kier molecular flexibility index (Phi) is 7.81. The summed E-state index contributed by atoms with van der Waals surface area (Å²) in [5, 5.41) is 8.62. The number of amides is 2. The molecule has 7 nitrogen and oxygen atoms in total. The predicted octanol–water partition coefficient (Wildman–Crippen LogP) is 2.62. The number of carbonyl (C=O) groups excluding carboxylic acids is 2. The molecule has 2 amide bonds. The van der Waals surface area contributed by atoms with Crippen molar-refractivity contribution in [2.75, 3.05) is 20.8 Å². The van der Waals surface area contributed by atoms with Crippen LogP contribution in [0.25, 0.3) is 0 Å². The van der Waals surface area contributed by atoms with E-state index in [0.717, 1.165) is 5.56 Å². The van der Waals surface area contributed by atoms with Gasteiger partial charge in [0.25, 0.3) is 5.91 Å². The monoisotopic (exact) mass is 389 g/mol. The van der Waals surface area contributed by atoms with Crippen LogP contribution in [0.5, 0.6) is 11.5 Å². The van der Waals surface area contributed by atoms with Gasteiger partial charge in [-0.1, -0.05) is 12.1 Å². The average molecular weight is 389 g/mol. The fraction of sp³-hybridized carbons (Fsp3) is 0.316. The van der Waals surface area contributed by atoms with Gasteiger partial charge in [0.05, 0.1) is 25.5 Å². The van der Waals surface area contributed by atoms with Crippen molar-refractivity contribution < 1.29 is 19.1 Å². The Morgan fingerprint density at radius 2 is 1.93 bits per heavy atom. The number of hydrogen-bond donors (Lipinski definition) is 2. The molecule has 0 aliphatic heterocycles. The van der Waals surface area contributed by atoms with Gasteiger partial charge >= 0.3 is 0 Å². The maximum atomic E-state index is 12.0. The van der Waals surface area contributed by atoms with Gasteiger partial charge < -0.3 is 14.8 Å². The third-order valence-corrected chi connectivity index (χ3v) is 4.56. The van der Waals surface area contributed by atoms with E-state index in [0.29, 0.717) is 35.1 Å². The molecule has 0 fully saturated rings. The average Bonchev–Trinajstić information content (AvgIpc) is 3.20. The standard InChI is InChI=1S/C19H23N3O4S/c1-13(21-22-19(24)17-5-4-10-27-17)11-18(23)20-9-8-14-6-7-15(25-2)16(12-14)26-3/h4-7,10,12H,8-9,11H2,1-3H3,(H,20,23)(H,22,24)/b21-13-. The van der Waals surface area contributed by atoms with E-state index in [-0.39, 0.29) is 18.2 Å². The zero-order valence-corrected chi connectivity index (χ0v) is 16.4.